The van der Waals surface area contributed by atoms with Crippen LogP contribution in [-0.2, 0) is 0 Å². The molecule has 2 aromatic carbocycles. The molecule has 0 saturated carbocycles. The summed E-state index contributed by atoms with van der Waals surface area (Å²) in [5.74, 6) is 0. The molecule has 2 aromatic rings. The maximum absolute atomic E-state index is 10.2. The van der Waals surface area contributed by atoms with Crippen LogP contribution in [0, 0.1) is 0 Å². The second-order valence-corrected chi connectivity index (χ2v) is 3.93. The van der Waals surface area contributed by atoms with Crippen molar-refractivity contribution in [2.24, 2.45) is 0 Å². The average Bonchev–Trinajstić information content (AvgIpc) is 2.41. The summed E-state index contributed by atoms with van der Waals surface area (Å²) < 4.78 is 0. The molecule has 0 aliphatic rings. The van der Waals surface area contributed by atoms with Crippen LogP contribution in [0.15, 0.2) is 60.7 Å². The van der Waals surface area contributed by atoms with Gasteiger partial charge in [-0.2, -0.15) is 0 Å². The zero-order valence-corrected chi connectivity index (χ0v) is 9.95. The van der Waals surface area contributed by atoms with Crippen molar-refractivity contribution in [2.45, 2.75) is 19.6 Å². The number of para-hydroxylation sites is 2. The molecule has 0 radical (unpaired) electrons. The van der Waals surface area contributed by atoms with E-state index in [0.29, 0.717) is 6.42 Å². The van der Waals surface area contributed by atoms with Crippen molar-refractivity contribution in [1.29, 1.82) is 0 Å². The first-order chi connectivity index (χ1) is 8.33. The number of hydrogen-bond donors (Lipinski definition) is 1. The summed E-state index contributed by atoms with van der Waals surface area (Å²) in [5.41, 5.74) is 2.01. The minimum Gasteiger partial charge on any atom is -0.373 e. The SMILES string of the molecule is CCC(O)N(c1ccccc1)c1ccccc1. The lowest BCUT2D eigenvalue weighted by atomic mass is 10.2. The molecule has 2 nitrogen and oxygen atoms in total. The van der Waals surface area contributed by atoms with E-state index in [0.717, 1.165) is 11.4 Å². The Morgan fingerprint density at radius 1 is 0.882 bits per heavy atom. The van der Waals surface area contributed by atoms with Crippen molar-refractivity contribution >= 4 is 11.4 Å². The van der Waals surface area contributed by atoms with Gasteiger partial charge < -0.3 is 10.0 Å². The molecular formula is C15H17NO. The van der Waals surface area contributed by atoms with Gasteiger partial charge in [-0.05, 0) is 30.7 Å². The van der Waals surface area contributed by atoms with Gasteiger partial charge in [0, 0.05) is 11.4 Å². The lowest BCUT2D eigenvalue weighted by Gasteiger charge is -2.29. The van der Waals surface area contributed by atoms with Crippen LogP contribution in [0.5, 0.6) is 0 Å². The molecule has 1 N–H and O–H groups in total. The van der Waals surface area contributed by atoms with E-state index >= 15 is 0 Å². The second-order valence-electron chi connectivity index (χ2n) is 3.93. The third kappa shape index (κ3) is 2.66. The highest BCUT2D eigenvalue weighted by Crippen LogP contribution is 2.27. The second kappa shape index (κ2) is 5.51. The lowest BCUT2D eigenvalue weighted by molar-refractivity contribution is 0.177. The lowest BCUT2D eigenvalue weighted by Crippen LogP contribution is -2.29. The number of rotatable bonds is 4. The minimum absolute atomic E-state index is 0.500. The Morgan fingerprint density at radius 2 is 1.29 bits per heavy atom. The van der Waals surface area contributed by atoms with Gasteiger partial charge in [-0.1, -0.05) is 43.3 Å². The van der Waals surface area contributed by atoms with Gasteiger partial charge in [0.2, 0.25) is 0 Å². The first-order valence-corrected chi connectivity index (χ1v) is 5.90. The number of hydrogen-bond acceptors (Lipinski definition) is 2. The fourth-order valence-corrected chi connectivity index (χ4v) is 1.85. The van der Waals surface area contributed by atoms with E-state index in [4.69, 9.17) is 0 Å². The smallest absolute Gasteiger partial charge is 0.131 e. The van der Waals surface area contributed by atoms with Crippen LogP contribution in [0.4, 0.5) is 11.4 Å². The van der Waals surface area contributed by atoms with Crippen molar-refractivity contribution in [3.05, 3.63) is 60.7 Å². The molecule has 1 atom stereocenters. The first-order valence-electron chi connectivity index (χ1n) is 5.90. The number of aliphatic hydroxyl groups excluding tert-OH is 1. The Morgan fingerprint density at radius 3 is 1.65 bits per heavy atom. The highest BCUT2D eigenvalue weighted by Gasteiger charge is 2.15. The number of aliphatic hydroxyl groups is 1. The monoisotopic (exact) mass is 227 g/mol. The zero-order valence-electron chi connectivity index (χ0n) is 9.95. The standard InChI is InChI=1S/C15H17NO/c1-2-15(17)16(13-9-5-3-6-10-13)14-11-7-4-8-12-14/h3-12,15,17H,2H2,1H3. The zero-order chi connectivity index (χ0) is 12.1. The van der Waals surface area contributed by atoms with Gasteiger partial charge in [-0.25, -0.2) is 0 Å². The van der Waals surface area contributed by atoms with Gasteiger partial charge in [-0.3, -0.25) is 0 Å². The summed E-state index contributed by atoms with van der Waals surface area (Å²) in [7, 11) is 0. The molecular weight excluding hydrogens is 210 g/mol. The van der Waals surface area contributed by atoms with Crippen LogP contribution < -0.4 is 4.90 Å². The van der Waals surface area contributed by atoms with Crippen LogP contribution in [-0.4, -0.2) is 11.3 Å². The van der Waals surface area contributed by atoms with Crippen molar-refractivity contribution in [3.8, 4) is 0 Å². The molecule has 88 valence electrons. The third-order valence-electron chi connectivity index (χ3n) is 2.73. The molecule has 17 heavy (non-hydrogen) atoms. The van der Waals surface area contributed by atoms with Crippen LogP contribution in [0.2, 0.25) is 0 Å². The number of nitrogens with zero attached hydrogens (tertiary/aromatic N) is 1. The van der Waals surface area contributed by atoms with Crippen LogP contribution in [0.3, 0.4) is 0 Å². The topological polar surface area (TPSA) is 23.5 Å². The van der Waals surface area contributed by atoms with E-state index in [1.165, 1.54) is 0 Å². The van der Waals surface area contributed by atoms with Crippen molar-refractivity contribution < 1.29 is 5.11 Å². The third-order valence-corrected chi connectivity index (χ3v) is 2.73. The predicted octanol–water partition coefficient (Wildman–Crippen LogP) is 3.55. The van der Waals surface area contributed by atoms with E-state index in [9.17, 15) is 5.11 Å². The van der Waals surface area contributed by atoms with E-state index in [1.807, 2.05) is 72.5 Å². The van der Waals surface area contributed by atoms with E-state index in [2.05, 4.69) is 0 Å². The van der Waals surface area contributed by atoms with Crippen molar-refractivity contribution in [1.82, 2.24) is 0 Å². The van der Waals surface area contributed by atoms with Gasteiger partial charge in [-0.15, -0.1) is 0 Å². The Labute approximate surface area is 102 Å². The fourth-order valence-electron chi connectivity index (χ4n) is 1.85. The minimum atomic E-state index is -0.500. The maximum atomic E-state index is 10.2. The van der Waals surface area contributed by atoms with Crippen LogP contribution in [0.25, 0.3) is 0 Å². The molecule has 0 aromatic heterocycles. The predicted molar refractivity (Wildman–Crippen MR) is 71.3 cm³/mol. The normalized spacial score (nSPS) is 12.1. The largest absolute Gasteiger partial charge is 0.373 e. The molecule has 0 spiro atoms. The molecule has 1 unspecified atom stereocenters. The molecule has 2 heteroatoms. The Kier molecular flexibility index (Phi) is 3.78. The van der Waals surface area contributed by atoms with Gasteiger partial charge >= 0.3 is 0 Å². The van der Waals surface area contributed by atoms with Gasteiger partial charge in [0.1, 0.15) is 6.23 Å². The van der Waals surface area contributed by atoms with Crippen molar-refractivity contribution in [3.63, 3.8) is 0 Å². The molecule has 0 bridgehead atoms. The summed E-state index contributed by atoms with van der Waals surface area (Å²) in [4.78, 5) is 1.94. The molecule has 0 aliphatic heterocycles. The molecule has 0 aliphatic carbocycles. The number of benzene rings is 2. The summed E-state index contributed by atoms with van der Waals surface area (Å²) in [6.07, 6.45) is 0.184. The van der Waals surface area contributed by atoms with Crippen LogP contribution >= 0.6 is 0 Å². The molecule has 0 amide bonds. The fraction of sp³-hybridized carbons (Fsp3) is 0.200. The Bertz CT molecular complexity index is 401. The summed E-state index contributed by atoms with van der Waals surface area (Å²) >= 11 is 0. The van der Waals surface area contributed by atoms with Crippen LogP contribution in [0.1, 0.15) is 13.3 Å². The maximum Gasteiger partial charge on any atom is 0.131 e. The molecule has 0 heterocycles. The molecule has 0 fully saturated rings. The first kappa shape index (κ1) is 11.7. The van der Waals surface area contributed by atoms with E-state index in [-0.39, 0.29) is 0 Å². The highest BCUT2D eigenvalue weighted by molar-refractivity contribution is 5.63. The number of anilines is 2. The summed E-state index contributed by atoms with van der Waals surface area (Å²) in [6, 6.07) is 19.9. The summed E-state index contributed by atoms with van der Waals surface area (Å²) in [6.45, 7) is 1.98. The molecule has 2 rings (SSSR count). The highest BCUT2D eigenvalue weighted by atomic mass is 16.3. The van der Waals surface area contributed by atoms with Crippen molar-refractivity contribution in [2.75, 3.05) is 4.90 Å². The summed E-state index contributed by atoms with van der Waals surface area (Å²) in [5, 5.41) is 10.2. The van der Waals surface area contributed by atoms with Gasteiger partial charge in [0.05, 0.1) is 0 Å². The van der Waals surface area contributed by atoms with Gasteiger partial charge in [0.15, 0.2) is 0 Å². The average molecular weight is 227 g/mol. The van der Waals surface area contributed by atoms with E-state index in [1.54, 1.807) is 0 Å². The Balaban J connectivity index is 2.39. The molecule has 0 saturated heterocycles. The van der Waals surface area contributed by atoms with Gasteiger partial charge in [0.25, 0.3) is 0 Å². The Hall–Kier alpha value is -1.80. The van der Waals surface area contributed by atoms with E-state index < -0.39 is 6.23 Å². The quantitative estimate of drug-likeness (QED) is 0.807.